The number of nitrogens with zero attached hydrogens (tertiary/aromatic N) is 1. The molecule has 2 aliphatic heterocycles. The van der Waals surface area contributed by atoms with Gasteiger partial charge in [0.1, 0.15) is 23.7 Å². The van der Waals surface area contributed by atoms with Crippen molar-refractivity contribution in [2.75, 3.05) is 13.2 Å². The van der Waals surface area contributed by atoms with Crippen LogP contribution in [0.5, 0.6) is 0 Å². The number of carbonyl (C=O) groups excluding carboxylic acids is 5. The molecule has 10 nitrogen and oxygen atoms in total. The van der Waals surface area contributed by atoms with Gasteiger partial charge in [-0.2, -0.15) is 0 Å². The number of ether oxygens (including phenoxy) is 1. The van der Waals surface area contributed by atoms with Gasteiger partial charge in [0.05, 0.1) is 12.2 Å². The molecular formula is C32H40N4O6. The van der Waals surface area contributed by atoms with Gasteiger partial charge in [0.15, 0.2) is 0 Å². The van der Waals surface area contributed by atoms with E-state index in [0.717, 1.165) is 5.56 Å². The van der Waals surface area contributed by atoms with E-state index in [1.807, 2.05) is 36.4 Å². The van der Waals surface area contributed by atoms with Gasteiger partial charge in [-0.05, 0) is 63.1 Å². The van der Waals surface area contributed by atoms with Gasteiger partial charge in [0.25, 0.3) is 0 Å². The van der Waals surface area contributed by atoms with E-state index in [1.165, 1.54) is 4.90 Å². The zero-order valence-corrected chi connectivity index (χ0v) is 24.3. The molecule has 4 rings (SSSR count). The van der Waals surface area contributed by atoms with Crippen molar-refractivity contribution in [2.45, 2.75) is 82.5 Å². The SMILES string of the molecule is CC[C@@]1(C)NC(=O)[C@H](CCCCOC(=O)c2ccccc2)NC(=O)[C@H]2CCCN2C(=O)[C@H](Cc2ccccc2)NC1=O. The molecule has 0 bridgehead atoms. The van der Waals surface area contributed by atoms with E-state index >= 15 is 0 Å². The predicted molar refractivity (Wildman–Crippen MR) is 156 cm³/mol. The molecular weight excluding hydrogens is 536 g/mol. The number of hydrogen-bond donors (Lipinski definition) is 3. The van der Waals surface area contributed by atoms with Crippen LogP contribution in [-0.4, -0.2) is 71.3 Å². The highest BCUT2D eigenvalue weighted by molar-refractivity contribution is 5.99. The third-order valence-corrected chi connectivity index (χ3v) is 8.09. The lowest BCUT2D eigenvalue weighted by Gasteiger charge is -2.36. The summed E-state index contributed by atoms with van der Waals surface area (Å²) in [7, 11) is 0. The summed E-state index contributed by atoms with van der Waals surface area (Å²) in [5.74, 6) is -2.05. The molecule has 0 aliphatic carbocycles. The van der Waals surface area contributed by atoms with Crippen molar-refractivity contribution >= 4 is 29.6 Å². The predicted octanol–water partition coefficient (Wildman–Crippen LogP) is 2.52. The van der Waals surface area contributed by atoms with Crippen LogP contribution in [0.1, 0.15) is 68.3 Å². The Kier molecular flexibility index (Phi) is 10.3. The number of esters is 1. The Labute approximate surface area is 246 Å². The summed E-state index contributed by atoms with van der Waals surface area (Å²) in [6, 6.07) is 15.5. The highest BCUT2D eigenvalue weighted by atomic mass is 16.5. The summed E-state index contributed by atoms with van der Waals surface area (Å²) < 4.78 is 5.34. The number of unbranched alkanes of at least 4 members (excludes halogenated alkanes) is 1. The molecule has 0 saturated carbocycles. The van der Waals surface area contributed by atoms with Crippen LogP contribution in [0.2, 0.25) is 0 Å². The van der Waals surface area contributed by atoms with Crippen molar-refractivity contribution in [2.24, 2.45) is 0 Å². The summed E-state index contributed by atoms with van der Waals surface area (Å²) in [4.78, 5) is 68.1. The molecule has 2 fully saturated rings. The first-order valence-corrected chi connectivity index (χ1v) is 14.7. The summed E-state index contributed by atoms with van der Waals surface area (Å²) in [5.41, 5.74) is 0.0341. The summed E-state index contributed by atoms with van der Waals surface area (Å²) in [6.07, 6.45) is 2.91. The number of fused-ring (bicyclic) bond motifs is 1. The van der Waals surface area contributed by atoms with E-state index in [-0.39, 0.29) is 37.7 Å². The second kappa shape index (κ2) is 14.1. The zero-order valence-electron chi connectivity index (χ0n) is 24.3. The van der Waals surface area contributed by atoms with Crippen LogP contribution in [0, 0.1) is 0 Å². The third kappa shape index (κ3) is 7.54. The van der Waals surface area contributed by atoms with Crippen molar-refractivity contribution in [1.29, 1.82) is 0 Å². The molecule has 0 aromatic heterocycles. The molecule has 4 atom stereocenters. The van der Waals surface area contributed by atoms with Crippen LogP contribution in [-0.2, 0) is 30.3 Å². The lowest BCUT2D eigenvalue weighted by molar-refractivity contribution is -0.144. The fourth-order valence-electron chi connectivity index (χ4n) is 5.35. The van der Waals surface area contributed by atoms with E-state index in [4.69, 9.17) is 4.74 Å². The van der Waals surface area contributed by atoms with Crippen molar-refractivity contribution in [3.63, 3.8) is 0 Å². The summed E-state index contributed by atoms with van der Waals surface area (Å²) in [6.45, 7) is 3.97. The number of carbonyl (C=O) groups is 5. The van der Waals surface area contributed by atoms with Gasteiger partial charge in [-0.25, -0.2) is 4.79 Å². The first-order valence-electron chi connectivity index (χ1n) is 14.7. The molecule has 3 N–H and O–H groups in total. The molecule has 0 unspecified atom stereocenters. The largest absolute Gasteiger partial charge is 0.462 e. The molecule has 2 heterocycles. The molecule has 0 spiro atoms. The van der Waals surface area contributed by atoms with Gasteiger partial charge in [-0.3, -0.25) is 19.2 Å². The van der Waals surface area contributed by atoms with Crippen LogP contribution in [0.15, 0.2) is 60.7 Å². The normalized spacial score (nSPS) is 24.9. The summed E-state index contributed by atoms with van der Waals surface area (Å²) >= 11 is 0. The van der Waals surface area contributed by atoms with Gasteiger partial charge in [0, 0.05) is 13.0 Å². The number of hydrogen-bond acceptors (Lipinski definition) is 6. The molecule has 2 aromatic carbocycles. The molecule has 10 heteroatoms. The van der Waals surface area contributed by atoms with Crippen LogP contribution in [0.3, 0.4) is 0 Å². The Balaban J connectivity index is 1.47. The maximum absolute atomic E-state index is 13.8. The van der Waals surface area contributed by atoms with Crippen molar-refractivity contribution in [3.05, 3.63) is 71.8 Å². The maximum Gasteiger partial charge on any atom is 0.338 e. The molecule has 2 saturated heterocycles. The molecule has 42 heavy (non-hydrogen) atoms. The first kappa shape index (κ1) is 30.7. The van der Waals surface area contributed by atoms with Gasteiger partial charge in [0.2, 0.25) is 23.6 Å². The number of amides is 4. The average Bonchev–Trinajstić information content (AvgIpc) is 3.50. The summed E-state index contributed by atoms with van der Waals surface area (Å²) in [5, 5.41) is 8.60. The van der Waals surface area contributed by atoms with Gasteiger partial charge >= 0.3 is 5.97 Å². The van der Waals surface area contributed by atoms with Crippen LogP contribution >= 0.6 is 0 Å². The van der Waals surface area contributed by atoms with Gasteiger partial charge in [-0.1, -0.05) is 55.5 Å². The average molecular weight is 577 g/mol. The van der Waals surface area contributed by atoms with E-state index in [1.54, 1.807) is 38.1 Å². The lowest BCUT2D eigenvalue weighted by Crippen LogP contribution is -2.65. The van der Waals surface area contributed by atoms with Crippen LogP contribution < -0.4 is 16.0 Å². The van der Waals surface area contributed by atoms with E-state index in [2.05, 4.69) is 16.0 Å². The molecule has 224 valence electrons. The highest BCUT2D eigenvalue weighted by Crippen LogP contribution is 2.22. The van der Waals surface area contributed by atoms with Gasteiger partial charge < -0.3 is 25.6 Å². The van der Waals surface area contributed by atoms with Gasteiger partial charge in [-0.15, -0.1) is 0 Å². The minimum atomic E-state index is -1.30. The topological polar surface area (TPSA) is 134 Å². The Morgan fingerprint density at radius 3 is 2.31 bits per heavy atom. The number of rotatable bonds is 9. The third-order valence-electron chi connectivity index (χ3n) is 8.09. The Bertz CT molecular complexity index is 1270. The maximum atomic E-state index is 13.8. The van der Waals surface area contributed by atoms with E-state index in [9.17, 15) is 24.0 Å². The second-order valence-electron chi connectivity index (χ2n) is 11.1. The monoisotopic (exact) mass is 576 g/mol. The Morgan fingerprint density at radius 1 is 0.929 bits per heavy atom. The minimum absolute atomic E-state index is 0.165. The van der Waals surface area contributed by atoms with E-state index < -0.39 is 41.4 Å². The van der Waals surface area contributed by atoms with Crippen molar-refractivity contribution < 1.29 is 28.7 Å². The fraction of sp³-hybridized carbons (Fsp3) is 0.469. The zero-order chi connectivity index (χ0) is 30.1. The smallest absolute Gasteiger partial charge is 0.338 e. The molecule has 2 aliphatic rings. The van der Waals surface area contributed by atoms with Crippen LogP contribution in [0.25, 0.3) is 0 Å². The Hall–Kier alpha value is -4.21. The fourth-order valence-corrected chi connectivity index (χ4v) is 5.35. The molecule has 4 amide bonds. The quantitative estimate of drug-likeness (QED) is 0.310. The minimum Gasteiger partial charge on any atom is -0.462 e. The molecule has 2 aromatic rings. The van der Waals surface area contributed by atoms with Crippen molar-refractivity contribution in [3.8, 4) is 0 Å². The standard InChI is InChI=1S/C32H40N4O6/c1-3-32(2)31(41)34-25(21-22-13-6-4-7-14-22)29(39)36-19-12-18-26(36)28(38)33-24(27(37)35-32)17-10-11-20-42-30(40)23-15-8-5-9-16-23/h4-9,13-16,24-26H,3,10-12,17-21H2,1-2H3,(H,33,38)(H,34,41)(H,35,37)/t24-,25-,26+,32+/m0/s1. The second-order valence-corrected chi connectivity index (χ2v) is 11.1. The van der Waals surface area contributed by atoms with Crippen molar-refractivity contribution in [1.82, 2.24) is 20.9 Å². The number of nitrogens with one attached hydrogen (secondary N) is 3. The first-order chi connectivity index (χ1) is 20.2. The number of benzene rings is 2. The Morgan fingerprint density at radius 2 is 1.62 bits per heavy atom. The van der Waals surface area contributed by atoms with E-state index in [0.29, 0.717) is 37.8 Å². The molecule has 0 radical (unpaired) electrons. The highest BCUT2D eigenvalue weighted by Gasteiger charge is 2.43. The van der Waals surface area contributed by atoms with Crippen LogP contribution in [0.4, 0.5) is 0 Å². The lowest BCUT2D eigenvalue weighted by atomic mass is 9.94.